The second-order valence-electron chi connectivity index (χ2n) is 4.56. The minimum absolute atomic E-state index is 0.608. The third-order valence-electron chi connectivity index (χ3n) is 2.97. The molecule has 2 heterocycles. The molecule has 0 spiro atoms. The molecule has 1 aromatic rings. The summed E-state index contributed by atoms with van der Waals surface area (Å²) in [5, 5.41) is 10.0. The molecule has 2 rings (SSSR count). The van der Waals surface area contributed by atoms with Crippen LogP contribution in [0.5, 0.6) is 0 Å². The van der Waals surface area contributed by atoms with Crippen molar-refractivity contribution in [3.05, 3.63) is 33.1 Å². The molecule has 1 fully saturated rings. The molecule has 1 aliphatic rings. The van der Waals surface area contributed by atoms with Gasteiger partial charge in [0.1, 0.15) is 12.2 Å². The fraction of sp³-hybridized carbons (Fsp3) is 0.600. The van der Waals surface area contributed by atoms with Gasteiger partial charge in [-0.1, -0.05) is 0 Å². The summed E-state index contributed by atoms with van der Waals surface area (Å²) < 4.78 is 26.9. The number of nitrogens with one attached hydrogen (secondary N) is 1. The number of rotatable bonds is 5. The van der Waals surface area contributed by atoms with E-state index in [1.807, 2.05) is 4.98 Å². The van der Waals surface area contributed by atoms with Crippen molar-refractivity contribution < 1.29 is 33.7 Å². The van der Waals surface area contributed by atoms with Gasteiger partial charge in [-0.15, -0.1) is 0 Å². The van der Waals surface area contributed by atoms with Crippen LogP contribution in [0.25, 0.3) is 0 Å². The summed E-state index contributed by atoms with van der Waals surface area (Å²) in [7, 11) is -3.19. The van der Waals surface area contributed by atoms with Gasteiger partial charge in [-0.25, -0.2) is 4.79 Å². The van der Waals surface area contributed by atoms with Gasteiger partial charge in [0.25, 0.3) is 5.56 Å². The van der Waals surface area contributed by atoms with Crippen LogP contribution in [0.1, 0.15) is 6.23 Å². The molecule has 0 amide bonds. The minimum Gasteiger partial charge on any atom is -0.385 e. The molecule has 1 saturated heterocycles. The van der Waals surface area contributed by atoms with E-state index in [-0.39, 0.29) is 0 Å². The molecule has 22 heavy (non-hydrogen) atoms. The first-order valence-corrected chi connectivity index (χ1v) is 7.86. The summed E-state index contributed by atoms with van der Waals surface area (Å²) in [5.74, 6) is 0. The molecule has 0 aromatic carbocycles. The van der Waals surface area contributed by atoms with Crippen LogP contribution in [-0.2, 0) is 18.8 Å². The van der Waals surface area contributed by atoms with Gasteiger partial charge in [0.2, 0.25) is 0 Å². The zero-order valence-corrected chi connectivity index (χ0v) is 12.3. The molecule has 4 N–H and O–H groups in total. The first-order valence-electron chi connectivity index (χ1n) is 6.07. The Balaban J connectivity index is 2.23. The molecule has 0 radical (unpaired) electrons. The lowest BCUT2D eigenvalue weighted by Gasteiger charge is -2.19. The maximum atomic E-state index is 11.7. The van der Waals surface area contributed by atoms with Gasteiger partial charge in [-0.05, 0) is 0 Å². The van der Waals surface area contributed by atoms with Gasteiger partial charge < -0.3 is 29.1 Å². The van der Waals surface area contributed by atoms with Crippen LogP contribution in [0.4, 0.5) is 0 Å². The van der Waals surface area contributed by atoms with Crippen LogP contribution in [0.15, 0.2) is 21.9 Å². The number of ether oxygens (including phenoxy) is 3. The Morgan fingerprint density at radius 3 is 2.68 bits per heavy atom. The quantitative estimate of drug-likeness (QED) is 0.442. The van der Waals surface area contributed by atoms with Crippen LogP contribution < -0.4 is 11.2 Å². The van der Waals surface area contributed by atoms with E-state index in [0.29, 0.717) is 0 Å². The van der Waals surface area contributed by atoms with Gasteiger partial charge in [-0.2, -0.15) is 0 Å². The van der Waals surface area contributed by atoms with Crippen molar-refractivity contribution >= 4 is 7.60 Å². The van der Waals surface area contributed by atoms with Crippen LogP contribution in [0.2, 0.25) is 0 Å². The van der Waals surface area contributed by atoms with Gasteiger partial charge >= 0.3 is 13.3 Å². The van der Waals surface area contributed by atoms with E-state index in [2.05, 4.69) is 0 Å². The Hall–Kier alpha value is -1.33. The molecule has 12 heteroatoms. The van der Waals surface area contributed by atoms with E-state index < -0.39 is 49.9 Å². The third-order valence-corrected chi connectivity index (χ3v) is 3.46. The third kappa shape index (κ3) is 3.70. The van der Waals surface area contributed by atoms with Crippen LogP contribution in [0, 0.1) is 0 Å². The maximum Gasteiger partial charge on any atom is 0.351 e. The maximum absolute atomic E-state index is 11.7. The second kappa shape index (κ2) is 6.42. The Morgan fingerprint density at radius 1 is 1.45 bits per heavy atom. The van der Waals surface area contributed by atoms with Crippen molar-refractivity contribution in [2.45, 2.75) is 24.7 Å². The largest absolute Gasteiger partial charge is 0.385 e. The SMILES string of the molecule is CO[C@@H]1[C@H](O)[C@@H](OCP(=O)(O)O)O[C@H]1n1ccc(=O)[nH]c1=O. The lowest BCUT2D eigenvalue weighted by atomic mass is 10.2. The molecule has 124 valence electrons. The molecule has 0 aliphatic carbocycles. The molecule has 11 nitrogen and oxygen atoms in total. The van der Waals surface area contributed by atoms with E-state index in [1.54, 1.807) is 0 Å². The van der Waals surface area contributed by atoms with E-state index in [4.69, 9.17) is 24.0 Å². The lowest BCUT2D eigenvalue weighted by Crippen LogP contribution is -2.38. The molecule has 0 bridgehead atoms. The monoisotopic (exact) mass is 338 g/mol. The molecular weight excluding hydrogens is 323 g/mol. The average molecular weight is 338 g/mol. The average Bonchev–Trinajstić information content (AvgIpc) is 2.72. The smallest absolute Gasteiger partial charge is 0.351 e. The molecule has 0 unspecified atom stereocenters. The number of H-pyrrole nitrogens is 1. The van der Waals surface area contributed by atoms with Crippen LogP contribution in [0.3, 0.4) is 0 Å². The Morgan fingerprint density at radius 2 is 2.14 bits per heavy atom. The molecule has 0 saturated carbocycles. The summed E-state index contributed by atoms with van der Waals surface area (Å²) >= 11 is 0. The highest BCUT2D eigenvalue weighted by molar-refractivity contribution is 7.51. The van der Waals surface area contributed by atoms with Gasteiger partial charge in [0, 0.05) is 19.4 Å². The van der Waals surface area contributed by atoms with Crippen LogP contribution >= 0.6 is 7.60 Å². The summed E-state index contributed by atoms with van der Waals surface area (Å²) in [6, 6.07) is 1.08. The molecule has 4 atom stereocenters. The number of methoxy groups -OCH3 is 1. The van der Waals surface area contributed by atoms with E-state index in [9.17, 15) is 19.3 Å². The first kappa shape index (κ1) is 17.0. The van der Waals surface area contributed by atoms with E-state index in [1.165, 1.54) is 7.11 Å². The summed E-state index contributed by atoms with van der Waals surface area (Å²) in [5.41, 5.74) is -1.40. The van der Waals surface area contributed by atoms with Crippen molar-refractivity contribution in [1.29, 1.82) is 0 Å². The van der Waals surface area contributed by atoms with Gasteiger partial charge in [-0.3, -0.25) is 18.9 Å². The van der Waals surface area contributed by atoms with Crippen LogP contribution in [-0.4, -0.2) is 56.4 Å². The normalized spacial score (nSPS) is 28.9. The topological polar surface area (TPSA) is 160 Å². The predicted molar refractivity (Wildman–Crippen MR) is 70.0 cm³/mol. The first-order chi connectivity index (χ1) is 10.2. The highest BCUT2D eigenvalue weighted by atomic mass is 31.2. The molecule has 1 aromatic heterocycles. The second-order valence-corrected chi connectivity index (χ2v) is 6.15. The van der Waals surface area contributed by atoms with Crippen molar-refractivity contribution in [2.24, 2.45) is 0 Å². The van der Waals surface area contributed by atoms with E-state index >= 15 is 0 Å². The lowest BCUT2D eigenvalue weighted by molar-refractivity contribution is -0.168. The minimum atomic E-state index is -4.45. The fourth-order valence-corrected chi connectivity index (χ4v) is 2.38. The molecular formula is C10H15N2O9P. The van der Waals surface area contributed by atoms with Crippen molar-refractivity contribution in [2.75, 3.05) is 13.5 Å². The fourth-order valence-electron chi connectivity index (χ4n) is 2.03. The summed E-state index contributed by atoms with van der Waals surface area (Å²) in [6.45, 7) is 0. The number of aliphatic hydroxyl groups is 1. The Kier molecular flexibility index (Phi) is 4.97. The number of hydrogen-bond acceptors (Lipinski definition) is 7. The number of aromatic nitrogens is 2. The standard InChI is InChI=1S/C10H15N2O9P/c1-19-7-6(14)9(20-4-22(16,17)18)21-8(7)12-3-2-5(13)11-10(12)15/h2-3,6-9,14H,4H2,1H3,(H,11,13,15)(H2,16,17,18)/t6-,7+,8+,9-/m0/s1. The number of aliphatic hydroxyl groups excluding tert-OH is 1. The molecule has 1 aliphatic heterocycles. The predicted octanol–water partition coefficient (Wildman–Crippen LogP) is -2.08. The Labute approximate surface area is 123 Å². The summed E-state index contributed by atoms with van der Waals surface area (Å²) in [4.78, 5) is 42.3. The van der Waals surface area contributed by atoms with Crippen molar-refractivity contribution in [3.63, 3.8) is 0 Å². The van der Waals surface area contributed by atoms with Gasteiger partial charge in [0.15, 0.2) is 18.9 Å². The van der Waals surface area contributed by atoms with Gasteiger partial charge in [0.05, 0.1) is 0 Å². The zero-order chi connectivity index (χ0) is 16.5. The highest BCUT2D eigenvalue weighted by Crippen LogP contribution is 2.37. The number of hydrogen-bond donors (Lipinski definition) is 4. The van der Waals surface area contributed by atoms with Crippen molar-refractivity contribution in [3.8, 4) is 0 Å². The summed E-state index contributed by atoms with van der Waals surface area (Å²) in [6.07, 6.45) is -4.77. The number of nitrogens with zero attached hydrogens (tertiary/aromatic N) is 1. The zero-order valence-electron chi connectivity index (χ0n) is 11.4. The highest BCUT2D eigenvalue weighted by Gasteiger charge is 2.46. The Bertz CT molecular complexity index is 679. The van der Waals surface area contributed by atoms with Crippen molar-refractivity contribution in [1.82, 2.24) is 9.55 Å². The number of aromatic amines is 1. The van der Waals surface area contributed by atoms with E-state index in [0.717, 1.165) is 16.8 Å².